The van der Waals surface area contributed by atoms with E-state index < -0.39 is 6.17 Å². The molecular formula is C30H33FN4O3. The van der Waals surface area contributed by atoms with Crippen molar-refractivity contribution in [1.29, 1.82) is 0 Å². The number of nitrogens with zero attached hydrogens (tertiary/aromatic N) is 2. The van der Waals surface area contributed by atoms with E-state index in [1.807, 2.05) is 55.4 Å². The molecule has 4 aromatic rings. The molecule has 1 fully saturated rings. The summed E-state index contributed by atoms with van der Waals surface area (Å²) in [5, 5.41) is 8.18. The van der Waals surface area contributed by atoms with Crippen molar-refractivity contribution in [1.82, 2.24) is 10.2 Å². The predicted octanol–water partition coefficient (Wildman–Crippen LogP) is 5.52. The number of amides is 2. The molecule has 1 unspecified atom stereocenters. The summed E-state index contributed by atoms with van der Waals surface area (Å²) in [6.45, 7) is 3.41. The Labute approximate surface area is 221 Å². The van der Waals surface area contributed by atoms with E-state index in [1.54, 1.807) is 29.2 Å². The number of piperidine rings is 1. The molecule has 0 spiro atoms. The molecule has 1 aromatic heterocycles. The van der Waals surface area contributed by atoms with Gasteiger partial charge in [0.1, 0.15) is 17.3 Å². The van der Waals surface area contributed by atoms with Gasteiger partial charge in [-0.3, -0.25) is 9.59 Å². The first-order valence-electron chi connectivity index (χ1n) is 13.0. The Morgan fingerprint density at radius 3 is 2.61 bits per heavy atom. The van der Waals surface area contributed by atoms with Gasteiger partial charge < -0.3 is 24.9 Å². The first-order valence-corrected chi connectivity index (χ1v) is 13.0. The third-order valence-electron chi connectivity index (χ3n) is 7.02. The largest absolute Gasteiger partial charge is 0.456 e. The summed E-state index contributed by atoms with van der Waals surface area (Å²) in [5.74, 6) is -0.112. The highest BCUT2D eigenvalue weighted by atomic mass is 19.1. The fourth-order valence-corrected chi connectivity index (χ4v) is 4.91. The maximum Gasteiger partial charge on any atom is 0.251 e. The molecule has 0 bridgehead atoms. The minimum atomic E-state index is -1.04. The van der Waals surface area contributed by atoms with E-state index in [4.69, 9.17) is 4.42 Å². The summed E-state index contributed by atoms with van der Waals surface area (Å²) in [6, 6.07) is 18.6. The van der Waals surface area contributed by atoms with Gasteiger partial charge in [0.05, 0.1) is 0 Å². The van der Waals surface area contributed by atoms with Crippen LogP contribution in [-0.2, 0) is 4.79 Å². The Bertz CT molecular complexity index is 1480. The Hall–Kier alpha value is -3.91. The second-order valence-corrected chi connectivity index (χ2v) is 10.2. The van der Waals surface area contributed by atoms with Crippen molar-refractivity contribution in [2.24, 2.45) is 0 Å². The zero-order chi connectivity index (χ0) is 26.8. The number of nitrogens with one attached hydrogen (secondary N) is 2. The summed E-state index contributed by atoms with van der Waals surface area (Å²) >= 11 is 0. The third kappa shape index (κ3) is 5.50. The Kier molecular flexibility index (Phi) is 7.33. The van der Waals surface area contributed by atoms with Gasteiger partial charge in [-0.1, -0.05) is 12.1 Å². The molecule has 7 nitrogen and oxygen atoms in total. The van der Waals surface area contributed by atoms with E-state index in [-0.39, 0.29) is 17.9 Å². The number of carbonyl (C=O) groups excluding carboxylic acids is 2. The second-order valence-electron chi connectivity index (χ2n) is 10.2. The molecule has 3 aromatic carbocycles. The Morgan fingerprint density at radius 2 is 1.87 bits per heavy atom. The molecule has 0 aliphatic carbocycles. The van der Waals surface area contributed by atoms with Gasteiger partial charge in [0.2, 0.25) is 5.91 Å². The van der Waals surface area contributed by atoms with Gasteiger partial charge in [-0.25, -0.2) is 4.39 Å². The molecule has 198 valence electrons. The van der Waals surface area contributed by atoms with E-state index in [0.717, 1.165) is 35.1 Å². The lowest BCUT2D eigenvalue weighted by atomic mass is 10.0. The summed E-state index contributed by atoms with van der Waals surface area (Å²) in [6.07, 6.45) is 0.0797. The molecular weight excluding hydrogens is 483 g/mol. The van der Waals surface area contributed by atoms with Crippen molar-refractivity contribution in [3.8, 4) is 0 Å². The number of alkyl halides is 1. The van der Waals surface area contributed by atoms with Crippen LogP contribution in [0.5, 0.6) is 0 Å². The molecule has 1 saturated heterocycles. The molecule has 1 aliphatic heterocycles. The third-order valence-corrected chi connectivity index (χ3v) is 7.02. The maximum atomic E-state index is 13.7. The van der Waals surface area contributed by atoms with Crippen molar-refractivity contribution in [3.63, 3.8) is 0 Å². The van der Waals surface area contributed by atoms with Crippen LogP contribution in [0.15, 0.2) is 65.1 Å². The van der Waals surface area contributed by atoms with Crippen molar-refractivity contribution in [2.75, 3.05) is 43.9 Å². The van der Waals surface area contributed by atoms with Crippen LogP contribution in [0.4, 0.5) is 15.8 Å². The van der Waals surface area contributed by atoms with Crippen LogP contribution >= 0.6 is 0 Å². The standard InChI is InChI=1S/C30H33FN4O3/c1-19(31)20-5-4-6-22(15-20)33-23-11-13-35(29(36)17-23)24-8-10-26-25-9-7-21(16-27(25)38-28(26)18-24)30(37)32-12-14-34(2)3/h4-10,15-16,18-19,23,33H,11-14,17H2,1-3H3,(H,32,37)/t19?,23-/m0/s1. The van der Waals surface area contributed by atoms with Crippen LogP contribution < -0.4 is 15.5 Å². The average molecular weight is 517 g/mol. The van der Waals surface area contributed by atoms with E-state index in [2.05, 4.69) is 10.6 Å². The molecule has 2 amide bonds. The van der Waals surface area contributed by atoms with Crippen LogP contribution in [0.1, 0.15) is 41.9 Å². The SMILES string of the molecule is CC(F)c1cccc(N[C@H]2CCN(c3ccc4c(c3)oc3cc(C(=O)NCCN(C)C)ccc34)C(=O)C2)c1. The van der Waals surface area contributed by atoms with Gasteiger partial charge in [-0.15, -0.1) is 0 Å². The number of furan rings is 1. The number of halogens is 1. The zero-order valence-electron chi connectivity index (χ0n) is 22.0. The van der Waals surface area contributed by atoms with E-state index in [9.17, 15) is 14.0 Å². The molecule has 0 radical (unpaired) electrons. The number of likely N-dealkylation sites (N-methyl/N-ethyl adjacent to an activating group) is 1. The second kappa shape index (κ2) is 10.8. The molecule has 1 aliphatic rings. The van der Waals surface area contributed by atoms with Crippen molar-refractivity contribution >= 4 is 45.1 Å². The van der Waals surface area contributed by atoms with Crippen LogP contribution in [-0.4, -0.2) is 56.5 Å². The van der Waals surface area contributed by atoms with Crippen molar-refractivity contribution < 1.29 is 18.4 Å². The van der Waals surface area contributed by atoms with E-state index >= 15 is 0 Å². The first-order chi connectivity index (χ1) is 18.3. The smallest absolute Gasteiger partial charge is 0.251 e. The Balaban J connectivity index is 1.29. The minimum absolute atomic E-state index is 0.0128. The highest BCUT2D eigenvalue weighted by Gasteiger charge is 2.27. The molecule has 38 heavy (non-hydrogen) atoms. The highest BCUT2D eigenvalue weighted by Crippen LogP contribution is 2.33. The van der Waals surface area contributed by atoms with Crippen molar-refractivity contribution in [3.05, 3.63) is 71.8 Å². The minimum Gasteiger partial charge on any atom is -0.456 e. The van der Waals surface area contributed by atoms with Crippen LogP contribution in [0.3, 0.4) is 0 Å². The fraction of sp³-hybridized carbons (Fsp3) is 0.333. The predicted molar refractivity (Wildman–Crippen MR) is 150 cm³/mol. The highest BCUT2D eigenvalue weighted by molar-refractivity contribution is 6.09. The lowest BCUT2D eigenvalue weighted by Gasteiger charge is -2.32. The summed E-state index contributed by atoms with van der Waals surface area (Å²) in [7, 11) is 3.92. The van der Waals surface area contributed by atoms with Gasteiger partial charge in [0, 0.05) is 65.9 Å². The summed E-state index contributed by atoms with van der Waals surface area (Å²) in [4.78, 5) is 29.4. The van der Waals surface area contributed by atoms with Crippen molar-refractivity contribution in [2.45, 2.75) is 32.0 Å². The number of anilines is 2. The monoisotopic (exact) mass is 516 g/mol. The zero-order valence-corrected chi connectivity index (χ0v) is 22.0. The maximum absolute atomic E-state index is 13.7. The van der Waals surface area contributed by atoms with Crippen LogP contribution in [0, 0.1) is 0 Å². The van der Waals surface area contributed by atoms with Gasteiger partial charge in [-0.2, -0.15) is 0 Å². The molecule has 2 atom stereocenters. The lowest BCUT2D eigenvalue weighted by Crippen LogP contribution is -2.43. The van der Waals surface area contributed by atoms with Crippen LogP contribution in [0.2, 0.25) is 0 Å². The topological polar surface area (TPSA) is 77.8 Å². The molecule has 8 heteroatoms. The van der Waals surface area contributed by atoms with Gasteiger partial charge >= 0.3 is 0 Å². The van der Waals surface area contributed by atoms with Gasteiger partial charge in [0.25, 0.3) is 5.91 Å². The summed E-state index contributed by atoms with van der Waals surface area (Å²) < 4.78 is 19.8. The first kappa shape index (κ1) is 25.7. The van der Waals surface area contributed by atoms with E-state index in [1.165, 1.54) is 6.92 Å². The molecule has 5 rings (SSSR count). The van der Waals surface area contributed by atoms with Gasteiger partial charge in [0.15, 0.2) is 0 Å². The normalized spacial score (nSPS) is 16.8. The van der Waals surface area contributed by atoms with Crippen LogP contribution in [0.25, 0.3) is 21.9 Å². The summed E-state index contributed by atoms with van der Waals surface area (Å²) in [5.41, 5.74) is 4.09. The number of carbonyl (C=O) groups is 2. The number of hydrogen-bond acceptors (Lipinski definition) is 5. The average Bonchev–Trinajstić information content (AvgIpc) is 3.25. The van der Waals surface area contributed by atoms with E-state index in [0.29, 0.717) is 41.8 Å². The molecule has 0 saturated carbocycles. The molecule has 2 heterocycles. The number of rotatable bonds is 8. The van der Waals surface area contributed by atoms with Gasteiger partial charge in [-0.05, 0) is 75.5 Å². The quantitative estimate of drug-likeness (QED) is 0.323. The lowest BCUT2D eigenvalue weighted by molar-refractivity contribution is -0.119. The number of fused-ring (bicyclic) bond motifs is 3. The Morgan fingerprint density at radius 1 is 1.11 bits per heavy atom. The fourth-order valence-electron chi connectivity index (χ4n) is 4.91. The number of hydrogen-bond donors (Lipinski definition) is 2. The molecule has 2 N–H and O–H groups in total. The number of benzene rings is 3.